The second kappa shape index (κ2) is 6.08. The molecule has 118 valence electrons. The molecule has 0 spiro atoms. The number of hydrogen-bond donors (Lipinski definition) is 1. The van der Waals surface area contributed by atoms with Gasteiger partial charge in [-0.2, -0.15) is 0 Å². The Hall–Kier alpha value is -2.89. The molecule has 0 unspecified atom stereocenters. The minimum Gasteiger partial charge on any atom is -0.495 e. The summed E-state index contributed by atoms with van der Waals surface area (Å²) in [6.07, 6.45) is 1.83. The van der Waals surface area contributed by atoms with Gasteiger partial charge in [-0.15, -0.1) is 0 Å². The number of benzene rings is 1. The summed E-state index contributed by atoms with van der Waals surface area (Å²) in [6, 6.07) is 9.98. The fourth-order valence-electron chi connectivity index (χ4n) is 2.48. The largest absolute Gasteiger partial charge is 0.495 e. The molecule has 0 aliphatic heterocycles. The van der Waals surface area contributed by atoms with Crippen molar-refractivity contribution in [2.45, 2.75) is 13.3 Å². The van der Waals surface area contributed by atoms with Crippen LogP contribution < -0.4 is 10.1 Å². The van der Waals surface area contributed by atoms with Gasteiger partial charge in [0, 0.05) is 6.20 Å². The van der Waals surface area contributed by atoms with Crippen molar-refractivity contribution < 1.29 is 13.9 Å². The number of nitrogens with one attached hydrogen (secondary N) is 1. The highest BCUT2D eigenvalue weighted by molar-refractivity contribution is 6.05. The molecule has 1 aromatic carbocycles. The predicted octanol–water partition coefficient (Wildman–Crippen LogP) is 3.30. The Labute approximate surface area is 132 Å². The smallest absolute Gasteiger partial charge is 0.274 e. The van der Waals surface area contributed by atoms with Gasteiger partial charge in [0.05, 0.1) is 18.5 Å². The minimum absolute atomic E-state index is 0.327. The Balaban J connectivity index is 2.05. The van der Waals surface area contributed by atoms with Gasteiger partial charge in [-0.25, -0.2) is 9.37 Å². The van der Waals surface area contributed by atoms with Crippen LogP contribution in [0.1, 0.15) is 23.1 Å². The normalized spacial score (nSPS) is 10.7. The molecule has 0 bridgehead atoms. The SMILES string of the molecule is CCc1nc2ccc(F)cn2c1C(=O)Nc1ccccc1OC. The molecule has 0 saturated carbocycles. The fraction of sp³-hybridized carbons (Fsp3) is 0.176. The van der Waals surface area contributed by atoms with E-state index in [1.807, 2.05) is 13.0 Å². The summed E-state index contributed by atoms with van der Waals surface area (Å²) in [4.78, 5) is 17.1. The number of aromatic nitrogens is 2. The monoisotopic (exact) mass is 313 g/mol. The standard InChI is InChI=1S/C17H16FN3O2/c1-3-12-16(21-10-11(18)8-9-15(21)19-12)17(22)20-13-6-4-5-7-14(13)23-2/h4-10H,3H2,1-2H3,(H,20,22). The van der Waals surface area contributed by atoms with Crippen LogP contribution in [0.15, 0.2) is 42.6 Å². The highest BCUT2D eigenvalue weighted by Gasteiger charge is 2.19. The van der Waals surface area contributed by atoms with Crippen molar-refractivity contribution in [3.63, 3.8) is 0 Å². The molecule has 6 heteroatoms. The number of carbonyl (C=O) groups excluding carboxylic acids is 1. The van der Waals surface area contributed by atoms with E-state index >= 15 is 0 Å². The second-order valence-electron chi connectivity index (χ2n) is 4.99. The predicted molar refractivity (Wildman–Crippen MR) is 85.5 cm³/mol. The maximum atomic E-state index is 13.5. The number of pyridine rings is 1. The van der Waals surface area contributed by atoms with Crippen LogP contribution in [0.25, 0.3) is 5.65 Å². The maximum Gasteiger partial charge on any atom is 0.274 e. The molecule has 23 heavy (non-hydrogen) atoms. The maximum absolute atomic E-state index is 13.5. The lowest BCUT2D eigenvalue weighted by molar-refractivity contribution is 0.102. The molecular formula is C17H16FN3O2. The van der Waals surface area contributed by atoms with Crippen molar-refractivity contribution >= 4 is 17.2 Å². The van der Waals surface area contributed by atoms with Gasteiger partial charge in [0.25, 0.3) is 5.91 Å². The number of hydrogen-bond acceptors (Lipinski definition) is 3. The Morgan fingerprint density at radius 3 is 2.83 bits per heavy atom. The van der Waals surface area contributed by atoms with Gasteiger partial charge in [0.15, 0.2) is 0 Å². The number of aryl methyl sites for hydroxylation is 1. The van der Waals surface area contributed by atoms with E-state index in [4.69, 9.17) is 4.74 Å². The lowest BCUT2D eigenvalue weighted by Crippen LogP contribution is -2.17. The van der Waals surface area contributed by atoms with Crippen molar-refractivity contribution in [1.29, 1.82) is 0 Å². The molecule has 1 N–H and O–H groups in total. The summed E-state index contributed by atoms with van der Waals surface area (Å²) in [5, 5.41) is 2.80. The van der Waals surface area contributed by atoms with Crippen LogP contribution in [0.5, 0.6) is 5.75 Å². The number of fused-ring (bicyclic) bond motifs is 1. The highest BCUT2D eigenvalue weighted by Crippen LogP contribution is 2.24. The Bertz CT molecular complexity index is 873. The van der Waals surface area contributed by atoms with Crippen LogP contribution >= 0.6 is 0 Å². The highest BCUT2D eigenvalue weighted by atomic mass is 19.1. The van der Waals surface area contributed by atoms with Crippen molar-refractivity contribution in [3.8, 4) is 5.75 Å². The zero-order valence-corrected chi connectivity index (χ0v) is 12.8. The third kappa shape index (κ3) is 2.75. The number of imidazole rings is 1. The van der Waals surface area contributed by atoms with Crippen molar-refractivity contribution in [3.05, 3.63) is 59.8 Å². The molecule has 3 rings (SSSR count). The van der Waals surface area contributed by atoms with Crippen LogP contribution in [0.4, 0.5) is 10.1 Å². The third-order valence-corrected chi connectivity index (χ3v) is 3.56. The third-order valence-electron chi connectivity index (χ3n) is 3.56. The number of para-hydroxylation sites is 2. The molecule has 3 aromatic rings. The van der Waals surface area contributed by atoms with E-state index in [0.717, 1.165) is 0 Å². The van der Waals surface area contributed by atoms with E-state index in [9.17, 15) is 9.18 Å². The Morgan fingerprint density at radius 2 is 2.09 bits per heavy atom. The molecule has 2 heterocycles. The molecule has 0 aliphatic rings. The number of nitrogens with zero attached hydrogens (tertiary/aromatic N) is 2. The molecule has 0 fully saturated rings. The average molecular weight is 313 g/mol. The molecule has 0 radical (unpaired) electrons. The summed E-state index contributed by atoms with van der Waals surface area (Å²) in [7, 11) is 1.53. The van der Waals surface area contributed by atoms with E-state index in [0.29, 0.717) is 34.9 Å². The van der Waals surface area contributed by atoms with E-state index < -0.39 is 5.82 Å². The average Bonchev–Trinajstić information content (AvgIpc) is 2.93. The van der Waals surface area contributed by atoms with Crippen LogP contribution in [-0.2, 0) is 6.42 Å². The first kappa shape index (κ1) is 15.0. The number of ether oxygens (including phenoxy) is 1. The molecule has 0 saturated heterocycles. The van der Waals surface area contributed by atoms with E-state index in [1.54, 1.807) is 24.3 Å². The second-order valence-corrected chi connectivity index (χ2v) is 4.99. The van der Waals surface area contributed by atoms with Crippen LogP contribution in [0.2, 0.25) is 0 Å². The van der Waals surface area contributed by atoms with Gasteiger partial charge < -0.3 is 10.1 Å². The molecular weight excluding hydrogens is 297 g/mol. The van der Waals surface area contributed by atoms with E-state index in [2.05, 4.69) is 10.3 Å². The summed E-state index contributed by atoms with van der Waals surface area (Å²) >= 11 is 0. The number of halogens is 1. The van der Waals surface area contributed by atoms with E-state index in [1.165, 1.54) is 23.8 Å². The van der Waals surface area contributed by atoms with Crippen LogP contribution in [0, 0.1) is 5.82 Å². The number of carbonyl (C=O) groups is 1. The lowest BCUT2D eigenvalue weighted by Gasteiger charge is -2.10. The summed E-state index contributed by atoms with van der Waals surface area (Å²) in [5.41, 5.74) is 2.03. The first-order valence-electron chi connectivity index (χ1n) is 7.25. The van der Waals surface area contributed by atoms with Crippen LogP contribution in [-0.4, -0.2) is 22.4 Å². The quantitative estimate of drug-likeness (QED) is 0.804. The zero-order chi connectivity index (χ0) is 16.4. The van der Waals surface area contributed by atoms with E-state index in [-0.39, 0.29) is 5.91 Å². The molecule has 0 atom stereocenters. The Morgan fingerprint density at radius 1 is 1.30 bits per heavy atom. The number of amides is 1. The lowest BCUT2D eigenvalue weighted by atomic mass is 10.2. The van der Waals surface area contributed by atoms with Crippen LogP contribution in [0.3, 0.4) is 0 Å². The van der Waals surface area contributed by atoms with Crippen molar-refractivity contribution in [2.75, 3.05) is 12.4 Å². The first-order valence-corrected chi connectivity index (χ1v) is 7.25. The number of anilines is 1. The summed E-state index contributed by atoms with van der Waals surface area (Å²) in [6.45, 7) is 1.90. The minimum atomic E-state index is -0.427. The molecule has 5 nitrogen and oxygen atoms in total. The Kier molecular flexibility index (Phi) is 3.97. The molecule has 1 amide bonds. The van der Waals surface area contributed by atoms with Gasteiger partial charge in [-0.05, 0) is 30.7 Å². The van der Waals surface area contributed by atoms with Gasteiger partial charge in [-0.3, -0.25) is 9.20 Å². The van der Waals surface area contributed by atoms with Crippen molar-refractivity contribution in [2.24, 2.45) is 0 Å². The number of methoxy groups -OCH3 is 1. The van der Waals surface area contributed by atoms with Gasteiger partial charge in [-0.1, -0.05) is 19.1 Å². The topological polar surface area (TPSA) is 55.6 Å². The van der Waals surface area contributed by atoms with Gasteiger partial charge >= 0.3 is 0 Å². The van der Waals surface area contributed by atoms with Crippen molar-refractivity contribution in [1.82, 2.24) is 9.38 Å². The summed E-state index contributed by atoms with van der Waals surface area (Å²) in [5.74, 6) is -0.229. The summed E-state index contributed by atoms with van der Waals surface area (Å²) < 4.78 is 20.2. The molecule has 0 aliphatic carbocycles. The number of rotatable bonds is 4. The van der Waals surface area contributed by atoms with Gasteiger partial charge in [0.2, 0.25) is 0 Å². The molecule has 2 aromatic heterocycles. The van der Waals surface area contributed by atoms with Gasteiger partial charge in [0.1, 0.15) is 22.9 Å². The fourth-order valence-corrected chi connectivity index (χ4v) is 2.48. The first-order chi connectivity index (χ1) is 11.1. The zero-order valence-electron chi connectivity index (χ0n) is 12.8.